The zero-order valence-corrected chi connectivity index (χ0v) is 15.9. The van der Waals surface area contributed by atoms with Crippen molar-refractivity contribution in [1.29, 1.82) is 0 Å². The Balaban J connectivity index is 1.52. The molecule has 0 aliphatic rings. The van der Waals surface area contributed by atoms with E-state index >= 15 is 0 Å². The van der Waals surface area contributed by atoms with Crippen LogP contribution in [0.5, 0.6) is 5.75 Å². The van der Waals surface area contributed by atoms with Crippen molar-refractivity contribution >= 4 is 22.8 Å². The molecule has 0 atom stereocenters. The van der Waals surface area contributed by atoms with Gasteiger partial charge in [0.05, 0.1) is 22.9 Å². The van der Waals surface area contributed by atoms with Crippen molar-refractivity contribution in [2.75, 3.05) is 5.84 Å². The first kappa shape index (κ1) is 17.4. The Morgan fingerprint density at radius 3 is 2.81 bits per heavy atom. The molecular weight excluding hydrogens is 360 g/mol. The molecule has 0 bridgehead atoms. The van der Waals surface area contributed by atoms with Gasteiger partial charge in [-0.1, -0.05) is 36.0 Å². The molecule has 0 unspecified atom stereocenters. The molecular formula is C19H20N6OS. The summed E-state index contributed by atoms with van der Waals surface area (Å²) >= 11 is 1.49. The smallest absolute Gasteiger partial charge is 0.210 e. The monoisotopic (exact) mass is 380 g/mol. The summed E-state index contributed by atoms with van der Waals surface area (Å²) in [6, 6.07) is 15.6. The molecule has 2 aromatic heterocycles. The van der Waals surface area contributed by atoms with Gasteiger partial charge < -0.3 is 15.6 Å². The van der Waals surface area contributed by atoms with E-state index in [-0.39, 0.29) is 6.10 Å². The number of aromatic nitrogens is 5. The Hall–Kier alpha value is -3.00. The third kappa shape index (κ3) is 3.75. The topological polar surface area (TPSA) is 94.6 Å². The number of ether oxygens (including phenoxy) is 1. The van der Waals surface area contributed by atoms with E-state index in [1.807, 2.05) is 62.4 Å². The molecule has 4 rings (SSSR count). The molecule has 8 heteroatoms. The lowest BCUT2D eigenvalue weighted by Gasteiger charge is -2.10. The lowest BCUT2D eigenvalue weighted by atomic mass is 10.2. The maximum Gasteiger partial charge on any atom is 0.210 e. The van der Waals surface area contributed by atoms with Crippen LogP contribution in [0.1, 0.15) is 19.7 Å². The summed E-state index contributed by atoms with van der Waals surface area (Å²) in [6.07, 6.45) is 0.103. The molecule has 27 heavy (non-hydrogen) atoms. The molecule has 4 aromatic rings. The number of nitrogens with two attached hydrogens (primary N) is 1. The van der Waals surface area contributed by atoms with Gasteiger partial charge >= 0.3 is 0 Å². The Morgan fingerprint density at radius 1 is 1.15 bits per heavy atom. The summed E-state index contributed by atoms with van der Waals surface area (Å²) < 4.78 is 7.24. The summed E-state index contributed by atoms with van der Waals surface area (Å²) in [5.74, 6) is 9.10. The largest absolute Gasteiger partial charge is 0.491 e. The van der Waals surface area contributed by atoms with Gasteiger partial charge in [-0.25, -0.2) is 9.66 Å². The quantitative estimate of drug-likeness (QED) is 0.392. The van der Waals surface area contributed by atoms with Crippen LogP contribution in [-0.4, -0.2) is 30.9 Å². The second-order valence-electron chi connectivity index (χ2n) is 6.36. The lowest BCUT2D eigenvalue weighted by Crippen LogP contribution is -2.12. The number of nitrogens with one attached hydrogen (secondary N) is 1. The second kappa shape index (κ2) is 7.32. The molecule has 2 heterocycles. The number of aromatic amines is 1. The van der Waals surface area contributed by atoms with Crippen LogP contribution in [-0.2, 0) is 5.75 Å². The predicted molar refractivity (Wildman–Crippen MR) is 107 cm³/mol. The van der Waals surface area contributed by atoms with E-state index in [9.17, 15) is 0 Å². The van der Waals surface area contributed by atoms with Crippen molar-refractivity contribution in [3.05, 3.63) is 54.4 Å². The van der Waals surface area contributed by atoms with Crippen LogP contribution in [0.25, 0.3) is 22.4 Å². The number of imidazole rings is 1. The van der Waals surface area contributed by atoms with Crippen LogP contribution in [0.4, 0.5) is 0 Å². The molecule has 138 valence electrons. The minimum absolute atomic E-state index is 0.103. The normalized spacial score (nSPS) is 11.4. The summed E-state index contributed by atoms with van der Waals surface area (Å²) in [7, 11) is 0. The van der Waals surface area contributed by atoms with Gasteiger partial charge in [0.2, 0.25) is 5.16 Å². The van der Waals surface area contributed by atoms with Crippen molar-refractivity contribution in [1.82, 2.24) is 24.8 Å². The number of hydrogen-bond acceptors (Lipinski definition) is 6. The van der Waals surface area contributed by atoms with Gasteiger partial charge in [-0.2, -0.15) is 0 Å². The average molecular weight is 380 g/mol. The van der Waals surface area contributed by atoms with Gasteiger partial charge in [-0.05, 0) is 38.1 Å². The highest BCUT2D eigenvalue weighted by Crippen LogP contribution is 2.26. The fourth-order valence-electron chi connectivity index (χ4n) is 2.76. The molecule has 0 aliphatic heterocycles. The van der Waals surface area contributed by atoms with Gasteiger partial charge in [0.15, 0.2) is 5.82 Å². The highest BCUT2D eigenvalue weighted by molar-refractivity contribution is 7.98. The Labute approximate surface area is 160 Å². The molecule has 3 N–H and O–H groups in total. The second-order valence-corrected chi connectivity index (χ2v) is 7.30. The molecule has 0 saturated heterocycles. The van der Waals surface area contributed by atoms with Gasteiger partial charge in [0, 0.05) is 5.56 Å². The third-order valence-electron chi connectivity index (χ3n) is 3.90. The first-order valence-corrected chi connectivity index (χ1v) is 9.63. The van der Waals surface area contributed by atoms with Crippen molar-refractivity contribution in [3.63, 3.8) is 0 Å². The third-order valence-corrected chi connectivity index (χ3v) is 4.86. The number of thioether (sulfide) groups is 1. The average Bonchev–Trinajstić information content (AvgIpc) is 3.22. The Kier molecular flexibility index (Phi) is 4.72. The SMILES string of the molecule is CC(C)Oc1cccc(-c2nnc(SCc3nc4ccccc4[nH]3)n2N)c1. The van der Waals surface area contributed by atoms with Gasteiger partial charge in [-0.15, -0.1) is 10.2 Å². The van der Waals surface area contributed by atoms with Crippen molar-refractivity contribution in [2.45, 2.75) is 30.9 Å². The zero-order chi connectivity index (χ0) is 18.8. The van der Waals surface area contributed by atoms with Crippen LogP contribution in [0.3, 0.4) is 0 Å². The molecule has 0 saturated carbocycles. The minimum Gasteiger partial charge on any atom is -0.491 e. The first-order valence-electron chi connectivity index (χ1n) is 8.64. The predicted octanol–water partition coefficient (Wildman–Crippen LogP) is 3.61. The fourth-order valence-corrected chi connectivity index (χ4v) is 3.49. The number of benzene rings is 2. The van der Waals surface area contributed by atoms with Gasteiger partial charge in [-0.3, -0.25) is 0 Å². The van der Waals surface area contributed by atoms with Crippen molar-refractivity contribution in [3.8, 4) is 17.1 Å². The van der Waals surface area contributed by atoms with E-state index in [1.165, 1.54) is 16.4 Å². The van der Waals surface area contributed by atoms with Crippen LogP contribution < -0.4 is 10.6 Å². The highest BCUT2D eigenvalue weighted by Gasteiger charge is 2.14. The zero-order valence-electron chi connectivity index (χ0n) is 15.1. The Morgan fingerprint density at radius 2 is 2.00 bits per heavy atom. The number of fused-ring (bicyclic) bond motifs is 1. The summed E-state index contributed by atoms with van der Waals surface area (Å²) in [5.41, 5.74) is 2.83. The van der Waals surface area contributed by atoms with E-state index in [0.29, 0.717) is 16.7 Å². The molecule has 2 aromatic carbocycles. The number of rotatable bonds is 6. The molecule has 0 aliphatic carbocycles. The van der Waals surface area contributed by atoms with E-state index in [1.54, 1.807) is 0 Å². The van der Waals surface area contributed by atoms with Crippen molar-refractivity contribution in [2.24, 2.45) is 0 Å². The Bertz CT molecular complexity index is 1040. The number of H-pyrrole nitrogens is 1. The van der Waals surface area contributed by atoms with E-state index < -0.39 is 0 Å². The van der Waals surface area contributed by atoms with Crippen LogP contribution in [0.15, 0.2) is 53.7 Å². The molecule has 0 radical (unpaired) electrons. The molecule has 0 spiro atoms. The van der Waals surface area contributed by atoms with Crippen LogP contribution in [0.2, 0.25) is 0 Å². The van der Waals surface area contributed by atoms with E-state index in [2.05, 4.69) is 20.2 Å². The number of nitrogens with zero attached hydrogens (tertiary/aromatic N) is 4. The summed E-state index contributed by atoms with van der Waals surface area (Å²) in [4.78, 5) is 7.87. The fraction of sp³-hybridized carbons (Fsp3) is 0.211. The van der Waals surface area contributed by atoms with Crippen LogP contribution >= 0.6 is 11.8 Å². The van der Waals surface area contributed by atoms with Crippen LogP contribution in [0, 0.1) is 0 Å². The van der Waals surface area contributed by atoms with Crippen molar-refractivity contribution < 1.29 is 4.74 Å². The molecule has 0 fully saturated rings. The first-order chi connectivity index (χ1) is 13.1. The maximum absolute atomic E-state index is 6.23. The minimum atomic E-state index is 0.103. The molecule has 0 amide bonds. The van der Waals surface area contributed by atoms with Gasteiger partial charge in [0.25, 0.3) is 0 Å². The number of nitrogen functional groups attached to an aromatic ring is 1. The molecule has 7 nitrogen and oxygen atoms in total. The van der Waals surface area contributed by atoms with Gasteiger partial charge in [0.1, 0.15) is 11.6 Å². The highest BCUT2D eigenvalue weighted by atomic mass is 32.2. The van der Waals surface area contributed by atoms with E-state index in [0.717, 1.165) is 28.2 Å². The number of hydrogen-bond donors (Lipinski definition) is 2. The van der Waals surface area contributed by atoms with E-state index in [4.69, 9.17) is 10.6 Å². The maximum atomic E-state index is 6.23. The lowest BCUT2D eigenvalue weighted by molar-refractivity contribution is 0.242. The standard InChI is InChI=1S/C19H20N6OS/c1-12(2)26-14-7-5-6-13(10-14)18-23-24-19(25(18)20)27-11-17-21-15-8-3-4-9-16(15)22-17/h3-10,12H,11,20H2,1-2H3,(H,21,22). The number of para-hydroxylation sites is 2. The summed E-state index contributed by atoms with van der Waals surface area (Å²) in [5, 5.41) is 9.09. The summed E-state index contributed by atoms with van der Waals surface area (Å²) in [6.45, 7) is 3.98.